The first-order valence-corrected chi connectivity index (χ1v) is 7.43. The van der Waals surface area contributed by atoms with Crippen LogP contribution in [0.4, 0.5) is 65.9 Å². The van der Waals surface area contributed by atoms with Gasteiger partial charge in [-0.15, -0.1) is 0 Å². The minimum Gasteiger partial charge on any atom is -0.393 e. The lowest BCUT2D eigenvalue weighted by Gasteiger charge is -2.75. The van der Waals surface area contributed by atoms with Crippen molar-refractivity contribution in [1.82, 2.24) is 0 Å². The summed E-state index contributed by atoms with van der Waals surface area (Å²) in [5.41, 5.74) is -29.3. The molecule has 4 aliphatic rings. The topological polar surface area (TPSA) is 20.2 Å². The number of rotatable bonds is 2. The number of aliphatic hydroxyl groups excluding tert-OH is 1. The van der Waals surface area contributed by atoms with Crippen molar-refractivity contribution in [2.45, 2.75) is 72.0 Å². The largest absolute Gasteiger partial charge is 0.393 e. The molecule has 0 aromatic carbocycles. The van der Waals surface area contributed by atoms with Crippen molar-refractivity contribution in [3.05, 3.63) is 0 Å². The van der Waals surface area contributed by atoms with Crippen LogP contribution in [0.5, 0.6) is 0 Å². The molecule has 4 bridgehead atoms. The van der Waals surface area contributed by atoms with E-state index in [4.69, 9.17) is 5.11 Å². The van der Waals surface area contributed by atoms with E-state index in [-0.39, 0.29) is 6.92 Å². The highest BCUT2D eigenvalue weighted by molar-refractivity contribution is 5.52. The molecule has 1 N–H and O–H groups in total. The Morgan fingerprint density at radius 1 is 0.483 bits per heavy atom. The smallest absolute Gasteiger partial charge is 0.339 e. The number of aliphatic hydroxyl groups is 1. The van der Waals surface area contributed by atoms with Gasteiger partial charge in [-0.3, -0.25) is 0 Å². The molecule has 4 aliphatic carbocycles. The molecule has 4 rings (SSSR count). The van der Waals surface area contributed by atoms with Gasteiger partial charge >= 0.3 is 52.5 Å². The molecule has 4 fully saturated rings. The summed E-state index contributed by atoms with van der Waals surface area (Å²) >= 11 is 0. The molecule has 4 saturated carbocycles. The van der Waals surface area contributed by atoms with Gasteiger partial charge in [0.25, 0.3) is 0 Å². The van der Waals surface area contributed by atoms with E-state index in [1.807, 2.05) is 0 Å². The van der Waals surface area contributed by atoms with Crippen LogP contribution in [0.1, 0.15) is 13.3 Å². The van der Waals surface area contributed by atoms with Crippen LogP contribution in [-0.2, 0) is 0 Å². The maximum absolute atomic E-state index is 14.6. The first kappa shape index (κ1) is 22.6. The van der Waals surface area contributed by atoms with Gasteiger partial charge in [-0.05, 0) is 13.3 Å². The monoisotopic (exact) mass is 464 g/mol. The Hall–Kier alpha value is -1.09. The van der Waals surface area contributed by atoms with Crippen molar-refractivity contribution >= 4 is 0 Å². The summed E-state index contributed by atoms with van der Waals surface area (Å²) in [6.07, 6.45) is -6.06. The zero-order chi connectivity index (χ0) is 23.3. The molecule has 0 aliphatic heterocycles. The fraction of sp³-hybridized carbons (Fsp3) is 1.00. The van der Waals surface area contributed by atoms with Gasteiger partial charge in [-0.25, -0.2) is 39.5 Å². The van der Waals surface area contributed by atoms with E-state index in [1.165, 1.54) is 0 Å². The van der Waals surface area contributed by atoms with Gasteiger partial charge in [-0.1, -0.05) is 0 Å². The van der Waals surface area contributed by atoms with Gasteiger partial charge in [-0.2, -0.15) is 26.3 Å². The van der Waals surface area contributed by atoms with Crippen LogP contribution in [0.3, 0.4) is 0 Å². The second-order valence-electron chi connectivity index (χ2n) is 7.38. The number of halogens is 15. The Balaban J connectivity index is 2.71. The summed E-state index contributed by atoms with van der Waals surface area (Å²) in [6.45, 7) is 0.0932. The molecule has 0 heterocycles. The zero-order valence-electron chi connectivity index (χ0n) is 13.4. The molecule has 0 saturated heterocycles. The molecule has 0 aromatic heterocycles. The molecule has 0 spiro atoms. The minimum absolute atomic E-state index is 0.0932. The second-order valence-corrected chi connectivity index (χ2v) is 7.38. The maximum Gasteiger partial charge on any atom is 0.339 e. The molecular weight excluding hydrogens is 457 g/mol. The van der Waals surface area contributed by atoms with E-state index in [0.29, 0.717) is 0 Å². The fourth-order valence-corrected chi connectivity index (χ4v) is 4.79. The van der Waals surface area contributed by atoms with Crippen LogP contribution >= 0.6 is 0 Å². The van der Waals surface area contributed by atoms with E-state index in [0.717, 1.165) is 0 Å². The Morgan fingerprint density at radius 3 is 0.862 bits per heavy atom. The normalized spacial score (nSPS) is 50.4. The summed E-state index contributed by atoms with van der Waals surface area (Å²) in [7, 11) is 0. The molecule has 170 valence electrons. The first-order valence-electron chi connectivity index (χ1n) is 7.43. The van der Waals surface area contributed by atoms with Crippen molar-refractivity contribution in [3.8, 4) is 0 Å². The summed E-state index contributed by atoms with van der Waals surface area (Å²) in [4.78, 5) is 0. The highest BCUT2D eigenvalue weighted by atomic mass is 19.3. The van der Waals surface area contributed by atoms with Crippen molar-refractivity contribution in [1.29, 1.82) is 0 Å². The lowest BCUT2D eigenvalue weighted by Crippen LogP contribution is -3.07. The third-order valence-corrected chi connectivity index (χ3v) is 6.10. The van der Waals surface area contributed by atoms with Gasteiger partial charge < -0.3 is 5.11 Å². The summed E-state index contributed by atoms with van der Waals surface area (Å²) in [5.74, 6) is -45.6. The van der Waals surface area contributed by atoms with Gasteiger partial charge in [0.05, 0.1) is 6.10 Å². The molecule has 16 heteroatoms. The summed E-state index contributed by atoms with van der Waals surface area (Å²) in [5, 5.41) is 9.02. The lowest BCUT2D eigenvalue weighted by molar-refractivity contribution is -0.614. The summed E-state index contributed by atoms with van der Waals surface area (Å²) < 4.78 is 215. The molecular formula is C13H7F15O. The fourth-order valence-electron chi connectivity index (χ4n) is 4.79. The highest BCUT2D eigenvalue weighted by Crippen LogP contribution is 2.91. The minimum atomic E-state index is -7.77. The van der Waals surface area contributed by atoms with E-state index in [9.17, 15) is 65.9 Å². The Morgan fingerprint density at radius 2 is 0.690 bits per heavy atom. The molecule has 0 aromatic rings. The third kappa shape index (κ3) is 1.33. The van der Waals surface area contributed by atoms with Crippen LogP contribution in [0.15, 0.2) is 0 Å². The van der Waals surface area contributed by atoms with Crippen LogP contribution < -0.4 is 0 Å². The molecule has 1 nitrogen and oxygen atoms in total. The van der Waals surface area contributed by atoms with Gasteiger partial charge in [0, 0.05) is 0 Å². The van der Waals surface area contributed by atoms with Gasteiger partial charge in [0.15, 0.2) is 5.41 Å². The van der Waals surface area contributed by atoms with Crippen molar-refractivity contribution in [3.63, 3.8) is 0 Å². The molecule has 0 radical (unpaired) electrons. The molecule has 1 atom stereocenters. The zero-order valence-corrected chi connectivity index (χ0v) is 13.4. The second kappa shape index (κ2) is 4.56. The Labute approximate surface area is 149 Å². The van der Waals surface area contributed by atoms with Crippen molar-refractivity contribution < 1.29 is 71.0 Å². The average Bonchev–Trinajstić information content (AvgIpc) is 2.51. The predicted octanol–water partition coefficient (Wildman–Crippen LogP) is 4.72. The quantitative estimate of drug-likeness (QED) is 0.587. The van der Waals surface area contributed by atoms with Crippen LogP contribution in [0.2, 0.25) is 0 Å². The van der Waals surface area contributed by atoms with Gasteiger partial charge in [0.1, 0.15) is 0 Å². The standard InChI is InChI=1S/C13H7F15O/c1-3(29)2-4-8(17,18)5(14)11(23,24)6(15,9(4,19)20)13(27,28)7(16,10(4,21)22)12(5,25)26/h3,29H,2H2,1H3. The third-order valence-electron chi connectivity index (χ3n) is 6.10. The van der Waals surface area contributed by atoms with E-state index in [1.54, 1.807) is 0 Å². The Kier molecular flexibility index (Phi) is 3.56. The molecule has 1 unspecified atom stereocenters. The van der Waals surface area contributed by atoms with E-state index >= 15 is 0 Å². The van der Waals surface area contributed by atoms with Crippen molar-refractivity contribution in [2.75, 3.05) is 0 Å². The highest BCUT2D eigenvalue weighted by Gasteiger charge is 3.22. The Bertz CT molecular complexity index is 657. The van der Waals surface area contributed by atoms with Crippen LogP contribution in [-0.4, -0.2) is 63.8 Å². The number of alkyl halides is 15. The first-order chi connectivity index (χ1) is 12.4. The van der Waals surface area contributed by atoms with Crippen LogP contribution in [0.25, 0.3) is 0 Å². The SMILES string of the molecule is CC(O)CC12C(F)(F)C3(F)C(F)(F)C(F)(C(F)(F)C(F)(C3(F)F)C1(F)F)C2(F)F. The predicted molar refractivity (Wildman–Crippen MR) is 59.9 cm³/mol. The summed E-state index contributed by atoms with van der Waals surface area (Å²) in [6, 6.07) is 0. The average molecular weight is 464 g/mol. The maximum atomic E-state index is 14.6. The van der Waals surface area contributed by atoms with Crippen molar-refractivity contribution in [2.24, 2.45) is 5.41 Å². The molecule has 29 heavy (non-hydrogen) atoms. The van der Waals surface area contributed by atoms with E-state index < -0.39 is 70.5 Å². The van der Waals surface area contributed by atoms with E-state index in [2.05, 4.69) is 0 Å². The lowest BCUT2D eigenvalue weighted by atomic mass is 9.36. The number of hydrogen-bond acceptors (Lipinski definition) is 1. The van der Waals surface area contributed by atoms with Gasteiger partial charge in [0.2, 0.25) is 0 Å². The molecule has 0 amide bonds. The van der Waals surface area contributed by atoms with Crippen LogP contribution in [0, 0.1) is 5.41 Å². The number of hydrogen-bond donors (Lipinski definition) is 1.